The fourth-order valence-electron chi connectivity index (χ4n) is 1.62. The first kappa shape index (κ1) is 13.3. The zero-order valence-electron chi connectivity index (χ0n) is 11.4. The lowest BCUT2D eigenvalue weighted by atomic mass is 10.1. The number of carbonyl (C=O) groups excluding carboxylic acids is 1. The second-order valence-electron chi connectivity index (χ2n) is 4.39. The van der Waals surface area contributed by atoms with Crippen LogP contribution in [-0.4, -0.2) is 32.6 Å². The highest BCUT2D eigenvalue weighted by atomic mass is 16.5. The van der Waals surface area contributed by atoms with E-state index < -0.39 is 5.97 Å². The number of rotatable bonds is 4. The lowest BCUT2D eigenvalue weighted by Gasteiger charge is -2.02. The molecule has 2 rings (SSSR count). The van der Waals surface area contributed by atoms with E-state index >= 15 is 0 Å². The zero-order valence-corrected chi connectivity index (χ0v) is 11.4. The van der Waals surface area contributed by atoms with Gasteiger partial charge in [0.05, 0.1) is 18.5 Å². The second kappa shape index (κ2) is 5.21. The highest BCUT2D eigenvalue weighted by Crippen LogP contribution is 2.25. The third-order valence-corrected chi connectivity index (χ3v) is 2.48. The zero-order chi connectivity index (χ0) is 14.0. The third kappa shape index (κ3) is 2.64. The summed E-state index contributed by atoms with van der Waals surface area (Å²) in [5.74, 6) is -0.0419. The minimum Gasteiger partial charge on any atom is -0.460 e. The highest BCUT2D eigenvalue weighted by molar-refractivity contribution is 5.88. The van der Waals surface area contributed by atoms with Crippen LogP contribution in [0.15, 0.2) is 10.6 Å². The number of ether oxygens (including phenoxy) is 1. The van der Waals surface area contributed by atoms with Crippen molar-refractivity contribution in [2.45, 2.75) is 26.7 Å². The molecule has 0 saturated heterocycles. The maximum Gasteiger partial charge on any atom is 0.376 e. The molecule has 0 unspecified atom stereocenters. The van der Waals surface area contributed by atoms with Crippen molar-refractivity contribution in [2.75, 3.05) is 6.61 Å². The molecular formula is C12H16N4O3. The van der Waals surface area contributed by atoms with Crippen LogP contribution in [0.3, 0.4) is 0 Å². The molecule has 0 saturated carbocycles. The van der Waals surface area contributed by atoms with Crippen molar-refractivity contribution in [1.29, 1.82) is 0 Å². The smallest absolute Gasteiger partial charge is 0.376 e. The van der Waals surface area contributed by atoms with Crippen molar-refractivity contribution in [3.63, 3.8) is 0 Å². The molecule has 0 aliphatic heterocycles. The fourth-order valence-corrected chi connectivity index (χ4v) is 1.62. The Labute approximate surface area is 110 Å². The van der Waals surface area contributed by atoms with E-state index in [1.807, 2.05) is 13.8 Å². The summed E-state index contributed by atoms with van der Waals surface area (Å²) in [6.07, 6.45) is 1.67. The number of aryl methyl sites for hydroxylation is 1. The molecule has 0 fully saturated rings. The summed E-state index contributed by atoms with van der Waals surface area (Å²) in [6, 6.07) is 0. The lowest BCUT2D eigenvalue weighted by Crippen LogP contribution is -2.07. The van der Waals surface area contributed by atoms with E-state index in [-0.39, 0.29) is 24.2 Å². The molecule has 102 valence electrons. The van der Waals surface area contributed by atoms with E-state index in [1.165, 1.54) is 0 Å². The van der Waals surface area contributed by atoms with Gasteiger partial charge in [-0.25, -0.2) is 9.78 Å². The van der Waals surface area contributed by atoms with Crippen molar-refractivity contribution in [2.24, 2.45) is 7.05 Å². The van der Waals surface area contributed by atoms with E-state index in [0.717, 1.165) is 0 Å². The SMILES string of the molecule is CCOC(=O)c1oc(-c2cn(C)nn2)nc1C(C)C. The van der Waals surface area contributed by atoms with Crippen LogP contribution in [0, 0.1) is 0 Å². The quantitative estimate of drug-likeness (QED) is 0.782. The number of aromatic nitrogens is 4. The summed E-state index contributed by atoms with van der Waals surface area (Å²) >= 11 is 0. The van der Waals surface area contributed by atoms with E-state index in [4.69, 9.17) is 9.15 Å². The van der Waals surface area contributed by atoms with Crippen LogP contribution in [0.2, 0.25) is 0 Å². The minimum absolute atomic E-state index is 0.0496. The Morgan fingerprint density at radius 3 is 2.79 bits per heavy atom. The molecule has 2 heterocycles. The van der Waals surface area contributed by atoms with Crippen molar-refractivity contribution >= 4 is 5.97 Å². The van der Waals surface area contributed by atoms with Crippen LogP contribution in [0.25, 0.3) is 11.6 Å². The minimum atomic E-state index is -0.506. The van der Waals surface area contributed by atoms with Gasteiger partial charge in [-0.05, 0) is 12.8 Å². The second-order valence-corrected chi connectivity index (χ2v) is 4.39. The maximum atomic E-state index is 11.8. The summed E-state index contributed by atoms with van der Waals surface area (Å²) in [7, 11) is 1.75. The van der Waals surface area contributed by atoms with Gasteiger partial charge >= 0.3 is 5.97 Å². The molecule has 0 aliphatic carbocycles. The molecule has 2 aromatic heterocycles. The van der Waals surface area contributed by atoms with Gasteiger partial charge in [0.15, 0.2) is 5.69 Å². The molecule has 7 heteroatoms. The summed E-state index contributed by atoms with van der Waals surface area (Å²) in [6.45, 7) is 5.90. The Hall–Kier alpha value is -2.18. The normalized spacial score (nSPS) is 11.0. The van der Waals surface area contributed by atoms with Crippen molar-refractivity contribution in [3.8, 4) is 11.6 Å². The molecule has 0 atom stereocenters. The summed E-state index contributed by atoms with van der Waals surface area (Å²) in [5, 5.41) is 7.72. The highest BCUT2D eigenvalue weighted by Gasteiger charge is 2.25. The van der Waals surface area contributed by atoms with Crippen LogP contribution in [0.1, 0.15) is 42.9 Å². The van der Waals surface area contributed by atoms with Gasteiger partial charge in [0.1, 0.15) is 0 Å². The van der Waals surface area contributed by atoms with Crippen LogP contribution < -0.4 is 0 Å². The molecule has 0 radical (unpaired) electrons. The topological polar surface area (TPSA) is 83.0 Å². The third-order valence-electron chi connectivity index (χ3n) is 2.48. The van der Waals surface area contributed by atoms with Gasteiger partial charge in [0.2, 0.25) is 11.7 Å². The van der Waals surface area contributed by atoms with Gasteiger partial charge < -0.3 is 9.15 Å². The number of hydrogen-bond acceptors (Lipinski definition) is 6. The van der Waals surface area contributed by atoms with Gasteiger partial charge in [0, 0.05) is 7.05 Å². The predicted octanol–water partition coefficient (Wildman–Crippen LogP) is 1.77. The molecule has 0 amide bonds. The van der Waals surface area contributed by atoms with E-state index in [1.54, 1.807) is 24.9 Å². The molecule has 0 N–H and O–H groups in total. The number of hydrogen-bond donors (Lipinski definition) is 0. The first-order chi connectivity index (χ1) is 9.02. The maximum absolute atomic E-state index is 11.8. The first-order valence-electron chi connectivity index (χ1n) is 6.07. The molecule has 0 aliphatic rings. The standard InChI is InChI=1S/C12H16N4O3/c1-5-18-12(17)10-9(7(2)3)13-11(19-10)8-6-16(4)15-14-8/h6-7H,5H2,1-4H3. The molecule has 0 spiro atoms. The van der Waals surface area contributed by atoms with Gasteiger partial charge in [-0.2, -0.15) is 0 Å². The Balaban J connectivity index is 2.43. The van der Waals surface area contributed by atoms with Gasteiger partial charge in [0.25, 0.3) is 0 Å². The molecule has 19 heavy (non-hydrogen) atoms. The largest absolute Gasteiger partial charge is 0.460 e. The van der Waals surface area contributed by atoms with Crippen LogP contribution in [0.5, 0.6) is 0 Å². The molecule has 7 nitrogen and oxygen atoms in total. The van der Waals surface area contributed by atoms with Crippen molar-refractivity contribution in [3.05, 3.63) is 17.7 Å². The lowest BCUT2D eigenvalue weighted by molar-refractivity contribution is 0.0488. The van der Waals surface area contributed by atoms with Crippen LogP contribution in [0.4, 0.5) is 0 Å². The number of oxazole rings is 1. The Morgan fingerprint density at radius 2 is 2.26 bits per heavy atom. The van der Waals surface area contributed by atoms with Gasteiger partial charge in [-0.1, -0.05) is 19.1 Å². The number of carbonyl (C=O) groups is 1. The van der Waals surface area contributed by atoms with Crippen LogP contribution in [-0.2, 0) is 11.8 Å². The van der Waals surface area contributed by atoms with Gasteiger partial charge in [-0.3, -0.25) is 4.68 Å². The van der Waals surface area contributed by atoms with E-state index in [2.05, 4.69) is 15.3 Å². The summed E-state index contributed by atoms with van der Waals surface area (Å²) in [5.41, 5.74) is 1.05. The average molecular weight is 264 g/mol. The van der Waals surface area contributed by atoms with Gasteiger partial charge in [-0.15, -0.1) is 5.10 Å². The fraction of sp³-hybridized carbons (Fsp3) is 0.500. The molecule has 2 aromatic rings. The van der Waals surface area contributed by atoms with Crippen molar-refractivity contribution < 1.29 is 13.9 Å². The monoisotopic (exact) mass is 264 g/mol. The van der Waals surface area contributed by atoms with Crippen LogP contribution >= 0.6 is 0 Å². The molecular weight excluding hydrogens is 248 g/mol. The molecule has 0 aromatic carbocycles. The Bertz CT molecular complexity index is 586. The Morgan fingerprint density at radius 1 is 1.53 bits per heavy atom. The first-order valence-corrected chi connectivity index (χ1v) is 6.07. The van der Waals surface area contributed by atoms with Crippen molar-refractivity contribution in [1.82, 2.24) is 20.0 Å². The van der Waals surface area contributed by atoms with E-state index in [9.17, 15) is 4.79 Å². The summed E-state index contributed by atoms with van der Waals surface area (Å²) in [4.78, 5) is 16.1. The Kier molecular flexibility index (Phi) is 3.64. The summed E-state index contributed by atoms with van der Waals surface area (Å²) < 4.78 is 12.0. The number of esters is 1. The van der Waals surface area contributed by atoms with E-state index in [0.29, 0.717) is 11.4 Å². The predicted molar refractivity (Wildman–Crippen MR) is 66.5 cm³/mol. The average Bonchev–Trinajstić information content (AvgIpc) is 2.94. The molecule has 0 bridgehead atoms. The number of nitrogens with zero attached hydrogens (tertiary/aromatic N) is 4.